The summed E-state index contributed by atoms with van der Waals surface area (Å²) in [6.07, 6.45) is 5.47. The summed E-state index contributed by atoms with van der Waals surface area (Å²) in [5, 5.41) is 2.03. The molecular weight excluding hydrogens is 220 g/mol. The van der Waals surface area contributed by atoms with Crippen LogP contribution in [0.5, 0.6) is 0 Å². The van der Waals surface area contributed by atoms with Gasteiger partial charge >= 0.3 is 0 Å². The molecule has 2 N–H and O–H groups in total. The summed E-state index contributed by atoms with van der Waals surface area (Å²) in [7, 11) is 0. The summed E-state index contributed by atoms with van der Waals surface area (Å²) in [6.45, 7) is 2.12. The van der Waals surface area contributed by atoms with Crippen molar-refractivity contribution in [2.75, 3.05) is 0 Å². The van der Waals surface area contributed by atoms with Crippen LogP contribution in [-0.4, -0.2) is 17.3 Å². The normalized spacial score (nSPS) is 25.8. The molecule has 1 saturated carbocycles. The van der Waals surface area contributed by atoms with Gasteiger partial charge < -0.3 is 5.73 Å². The molecule has 1 unspecified atom stereocenters. The SMILES string of the molecule is Cc1ccc(C2=CC(N)ON2C2CCC2)s1. The summed E-state index contributed by atoms with van der Waals surface area (Å²) in [4.78, 5) is 8.25. The van der Waals surface area contributed by atoms with Gasteiger partial charge in [0.25, 0.3) is 0 Å². The summed E-state index contributed by atoms with van der Waals surface area (Å²) < 4.78 is 0. The third-order valence-corrected chi connectivity index (χ3v) is 4.22. The van der Waals surface area contributed by atoms with Crippen LogP contribution in [0.2, 0.25) is 0 Å². The molecule has 0 bridgehead atoms. The van der Waals surface area contributed by atoms with E-state index in [0.717, 1.165) is 5.70 Å². The molecule has 0 amide bonds. The Hall–Kier alpha value is -0.840. The molecule has 1 aliphatic heterocycles. The highest BCUT2D eigenvalue weighted by Gasteiger charge is 2.33. The lowest BCUT2D eigenvalue weighted by Crippen LogP contribution is -2.38. The molecule has 1 atom stereocenters. The van der Waals surface area contributed by atoms with E-state index in [9.17, 15) is 0 Å². The molecule has 0 spiro atoms. The Kier molecular flexibility index (Phi) is 2.50. The third kappa shape index (κ3) is 1.67. The second-order valence-corrected chi connectivity index (χ2v) is 5.73. The maximum atomic E-state index is 5.84. The minimum atomic E-state index is -0.280. The van der Waals surface area contributed by atoms with E-state index in [4.69, 9.17) is 10.6 Å². The second-order valence-electron chi connectivity index (χ2n) is 4.44. The quantitative estimate of drug-likeness (QED) is 0.857. The molecule has 1 fully saturated rings. The molecule has 0 radical (unpaired) electrons. The zero-order valence-electron chi connectivity index (χ0n) is 9.35. The summed E-state index contributed by atoms with van der Waals surface area (Å²) >= 11 is 1.80. The Morgan fingerprint density at radius 2 is 2.25 bits per heavy atom. The van der Waals surface area contributed by atoms with E-state index in [-0.39, 0.29) is 6.23 Å². The van der Waals surface area contributed by atoms with Gasteiger partial charge in [-0.2, -0.15) is 0 Å². The van der Waals surface area contributed by atoms with Crippen LogP contribution < -0.4 is 5.73 Å². The molecule has 2 aliphatic rings. The first-order valence-electron chi connectivity index (χ1n) is 5.74. The largest absolute Gasteiger partial charge is 0.301 e. The van der Waals surface area contributed by atoms with Crippen molar-refractivity contribution in [2.45, 2.75) is 38.5 Å². The Labute approximate surface area is 99.5 Å². The molecule has 1 aromatic rings. The Morgan fingerprint density at radius 1 is 1.44 bits per heavy atom. The topological polar surface area (TPSA) is 38.5 Å². The van der Waals surface area contributed by atoms with E-state index in [2.05, 4.69) is 19.1 Å². The predicted octanol–water partition coefficient (Wildman–Crippen LogP) is 2.48. The third-order valence-electron chi connectivity index (χ3n) is 3.19. The van der Waals surface area contributed by atoms with Gasteiger partial charge in [0.05, 0.1) is 16.6 Å². The van der Waals surface area contributed by atoms with Crippen molar-refractivity contribution in [3.63, 3.8) is 0 Å². The van der Waals surface area contributed by atoms with E-state index in [0.29, 0.717) is 6.04 Å². The van der Waals surface area contributed by atoms with Crippen molar-refractivity contribution < 1.29 is 4.84 Å². The van der Waals surface area contributed by atoms with Crippen LogP contribution in [0.25, 0.3) is 5.70 Å². The van der Waals surface area contributed by atoms with E-state index < -0.39 is 0 Å². The number of aryl methyl sites for hydroxylation is 1. The average molecular weight is 236 g/mol. The Balaban J connectivity index is 1.88. The van der Waals surface area contributed by atoms with Crippen LogP contribution in [-0.2, 0) is 4.84 Å². The Bertz CT molecular complexity index is 422. The lowest BCUT2D eigenvalue weighted by Gasteiger charge is -2.36. The highest BCUT2D eigenvalue weighted by molar-refractivity contribution is 7.13. The average Bonchev–Trinajstić information content (AvgIpc) is 2.70. The molecule has 0 saturated heterocycles. The van der Waals surface area contributed by atoms with Crippen molar-refractivity contribution in [1.29, 1.82) is 0 Å². The summed E-state index contributed by atoms with van der Waals surface area (Å²) in [5.74, 6) is 0. The lowest BCUT2D eigenvalue weighted by molar-refractivity contribution is -0.160. The maximum absolute atomic E-state index is 5.84. The van der Waals surface area contributed by atoms with Gasteiger partial charge in [-0.3, -0.25) is 4.84 Å². The lowest BCUT2D eigenvalue weighted by atomic mass is 9.92. The van der Waals surface area contributed by atoms with Gasteiger partial charge in [-0.1, -0.05) is 0 Å². The number of hydrogen-bond acceptors (Lipinski definition) is 4. The van der Waals surface area contributed by atoms with Gasteiger partial charge in [0.15, 0.2) is 6.23 Å². The van der Waals surface area contributed by atoms with Crippen molar-refractivity contribution in [2.24, 2.45) is 5.73 Å². The molecule has 3 nitrogen and oxygen atoms in total. The smallest absolute Gasteiger partial charge is 0.155 e. The van der Waals surface area contributed by atoms with Crippen molar-refractivity contribution in [3.8, 4) is 0 Å². The first-order valence-corrected chi connectivity index (χ1v) is 6.56. The Morgan fingerprint density at radius 3 is 2.81 bits per heavy atom. The minimum absolute atomic E-state index is 0.280. The van der Waals surface area contributed by atoms with Crippen LogP contribution >= 0.6 is 11.3 Å². The summed E-state index contributed by atoms with van der Waals surface area (Å²) in [6, 6.07) is 4.82. The maximum Gasteiger partial charge on any atom is 0.155 e. The molecule has 16 heavy (non-hydrogen) atoms. The highest BCUT2D eigenvalue weighted by atomic mass is 32.1. The van der Waals surface area contributed by atoms with Crippen LogP contribution in [0.3, 0.4) is 0 Å². The van der Waals surface area contributed by atoms with Gasteiger partial charge in [0, 0.05) is 4.88 Å². The van der Waals surface area contributed by atoms with E-state index in [1.807, 2.05) is 11.1 Å². The monoisotopic (exact) mass is 236 g/mol. The number of rotatable bonds is 2. The second kappa shape index (κ2) is 3.87. The molecule has 3 rings (SSSR count). The van der Waals surface area contributed by atoms with Gasteiger partial charge in [-0.25, -0.2) is 5.06 Å². The molecular formula is C12H16N2OS. The number of nitrogens with zero attached hydrogens (tertiary/aromatic N) is 1. The number of thiophene rings is 1. The fourth-order valence-corrected chi connectivity index (χ4v) is 3.00. The van der Waals surface area contributed by atoms with E-state index >= 15 is 0 Å². The fraction of sp³-hybridized carbons (Fsp3) is 0.500. The van der Waals surface area contributed by atoms with Crippen molar-refractivity contribution in [3.05, 3.63) is 28.0 Å². The minimum Gasteiger partial charge on any atom is -0.301 e. The first-order chi connectivity index (χ1) is 7.74. The molecule has 86 valence electrons. The van der Waals surface area contributed by atoms with Crippen LogP contribution in [0, 0.1) is 6.92 Å². The van der Waals surface area contributed by atoms with Gasteiger partial charge in [0.2, 0.25) is 0 Å². The van der Waals surface area contributed by atoms with Gasteiger partial charge in [0.1, 0.15) is 0 Å². The van der Waals surface area contributed by atoms with Crippen LogP contribution in [0.4, 0.5) is 0 Å². The standard InChI is InChI=1S/C12H16N2OS/c1-8-5-6-11(16-8)10-7-12(13)15-14(10)9-3-2-4-9/h5-7,9,12H,2-4,13H2,1H3. The van der Waals surface area contributed by atoms with Crippen LogP contribution in [0.1, 0.15) is 29.0 Å². The van der Waals surface area contributed by atoms with Crippen molar-refractivity contribution in [1.82, 2.24) is 5.06 Å². The molecule has 0 aromatic carbocycles. The zero-order chi connectivity index (χ0) is 11.1. The van der Waals surface area contributed by atoms with E-state index in [1.54, 1.807) is 11.3 Å². The first kappa shape index (κ1) is 10.3. The molecule has 1 aromatic heterocycles. The summed E-state index contributed by atoms with van der Waals surface area (Å²) in [5.41, 5.74) is 7.00. The van der Waals surface area contributed by atoms with E-state index in [1.165, 1.54) is 29.0 Å². The van der Waals surface area contributed by atoms with Crippen molar-refractivity contribution >= 4 is 17.0 Å². The predicted molar refractivity (Wildman–Crippen MR) is 65.6 cm³/mol. The van der Waals surface area contributed by atoms with Crippen LogP contribution in [0.15, 0.2) is 18.2 Å². The van der Waals surface area contributed by atoms with Gasteiger partial charge in [-0.15, -0.1) is 11.3 Å². The zero-order valence-corrected chi connectivity index (χ0v) is 10.2. The molecule has 4 heteroatoms. The number of hydroxylamine groups is 2. The molecule has 2 heterocycles. The van der Waals surface area contributed by atoms with Gasteiger partial charge in [-0.05, 0) is 44.4 Å². The fourth-order valence-electron chi connectivity index (χ4n) is 2.11. The highest BCUT2D eigenvalue weighted by Crippen LogP contribution is 2.37. The number of hydrogen-bond donors (Lipinski definition) is 1. The molecule has 1 aliphatic carbocycles. The number of nitrogens with two attached hydrogens (primary N) is 1.